The molecule has 2 aromatic heterocycles. The van der Waals surface area contributed by atoms with E-state index in [4.69, 9.17) is 4.74 Å². The second-order valence-corrected chi connectivity index (χ2v) is 5.46. The normalized spacial score (nSPS) is 11.2. The molecular formula is C11H14N2OS2. The molecule has 0 unspecified atom stereocenters. The zero-order valence-electron chi connectivity index (χ0n) is 9.61. The van der Waals surface area contributed by atoms with Gasteiger partial charge in [0.2, 0.25) is 0 Å². The summed E-state index contributed by atoms with van der Waals surface area (Å²) in [6, 6.07) is 0. The van der Waals surface area contributed by atoms with E-state index in [9.17, 15) is 0 Å². The SMILES string of the molecule is COCCSc1nc(C)nc2scc(C)c12. The molecule has 0 aromatic carbocycles. The lowest BCUT2D eigenvalue weighted by Gasteiger charge is -2.04. The van der Waals surface area contributed by atoms with Crippen LogP contribution in [-0.2, 0) is 4.74 Å². The van der Waals surface area contributed by atoms with Crippen LogP contribution in [0.3, 0.4) is 0 Å². The van der Waals surface area contributed by atoms with Gasteiger partial charge in [-0.25, -0.2) is 9.97 Å². The van der Waals surface area contributed by atoms with Gasteiger partial charge in [0.15, 0.2) is 0 Å². The van der Waals surface area contributed by atoms with Crippen LogP contribution >= 0.6 is 23.1 Å². The number of rotatable bonds is 4. The predicted octanol–water partition coefficient (Wildman–Crippen LogP) is 3.05. The zero-order chi connectivity index (χ0) is 11.5. The highest BCUT2D eigenvalue weighted by Gasteiger charge is 2.10. The van der Waals surface area contributed by atoms with E-state index in [1.165, 1.54) is 10.9 Å². The molecule has 2 rings (SSSR count). The number of hydrogen-bond donors (Lipinski definition) is 0. The Morgan fingerprint density at radius 1 is 1.38 bits per heavy atom. The van der Waals surface area contributed by atoms with Crippen molar-refractivity contribution in [2.24, 2.45) is 0 Å². The molecule has 2 heterocycles. The van der Waals surface area contributed by atoms with E-state index in [2.05, 4.69) is 22.3 Å². The Morgan fingerprint density at radius 3 is 2.94 bits per heavy atom. The molecule has 5 heteroatoms. The predicted molar refractivity (Wildman–Crippen MR) is 69.5 cm³/mol. The Morgan fingerprint density at radius 2 is 2.19 bits per heavy atom. The third-order valence-electron chi connectivity index (χ3n) is 2.22. The number of nitrogens with zero attached hydrogens (tertiary/aromatic N) is 2. The lowest BCUT2D eigenvalue weighted by atomic mass is 10.3. The summed E-state index contributed by atoms with van der Waals surface area (Å²) in [6.07, 6.45) is 0. The van der Waals surface area contributed by atoms with Crippen LogP contribution in [-0.4, -0.2) is 29.4 Å². The molecule has 0 N–H and O–H groups in total. The fourth-order valence-corrected chi connectivity index (χ4v) is 3.55. The number of aryl methyl sites for hydroxylation is 2. The van der Waals surface area contributed by atoms with Crippen LogP contribution in [0.1, 0.15) is 11.4 Å². The van der Waals surface area contributed by atoms with Crippen molar-refractivity contribution < 1.29 is 4.74 Å². The minimum Gasteiger partial charge on any atom is -0.384 e. The lowest BCUT2D eigenvalue weighted by Crippen LogP contribution is -1.95. The smallest absolute Gasteiger partial charge is 0.128 e. The van der Waals surface area contributed by atoms with Crippen LogP contribution in [0.25, 0.3) is 10.2 Å². The van der Waals surface area contributed by atoms with Gasteiger partial charge in [0, 0.05) is 18.2 Å². The van der Waals surface area contributed by atoms with Crippen LogP contribution in [0.15, 0.2) is 10.4 Å². The van der Waals surface area contributed by atoms with Gasteiger partial charge in [0.25, 0.3) is 0 Å². The van der Waals surface area contributed by atoms with E-state index in [0.717, 1.165) is 28.0 Å². The van der Waals surface area contributed by atoms with Crippen molar-refractivity contribution in [3.05, 3.63) is 16.8 Å². The van der Waals surface area contributed by atoms with E-state index in [-0.39, 0.29) is 0 Å². The van der Waals surface area contributed by atoms with Crippen molar-refractivity contribution in [3.63, 3.8) is 0 Å². The second-order valence-electron chi connectivity index (χ2n) is 3.52. The third-order valence-corrected chi connectivity index (χ3v) is 4.15. The standard InChI is InChI=1S/C11H14N2OS2/c1-7-6-16-11-9(7)10(12-8(2)13-11)15-5-4-14-3/h6H,4-5H2,1-3H3. The fourth-order valence-electron chi connectivity index (χ4n) is 1.47. The average molecular weight is 254 g/mol. The van der Waals surface area contributed by atoms with E-state index < -0.39 is 0 Å². The monoisotopic (exact) mass is 254 g/mol. The number of thiophene rings is 1. The van der Waals surface area contributed by atoms with E-state index in [1.54, 1.807) is 30.2 Å². The first-order valence-electron chi connectivity index (χ1n) is 5.06. The zero-order valence-corrected chi connectivity index (χ0v) is 11.2. The first-order chi connectivity index (χ1) is 7.72. The maximum absolute atomic E-state index is 5.06. The summed E-state index contributed by atoms with van der Waals surface area (Å²) >= 11 is 3.42. The van der Waals surface area contributed by atoms with Crippen molar-refractivity contribution in [2.45, 2.75) is 18.9 Å². The number of aromatic nitrogens is 2. The number of fused-ring (bicyclic) bond motifs is 1. The van der Waals surface area contributed by atoms with E-state index >= 15 is 0 Å². The van der Waals surface area contributed by atoms with E-state index in [1.807, 2.05) is 6.92 Å². The van der Waals surface area contributed by atoms with Gasteiger partial charge in [-0.05, 0) is 24.8 Å². The maximum atomic E-state index is 5.06. The summed E-state index contributed by atoms with van der Waals surface area (Å²) in [7, 11) is 1.72. The third kappa shape index (κ3) is 2.36. The number of thioether (sulfide) groups is 1. The highest BCUT2D eigenvalue weighted by atomic mass is 32.2. The summed E-state index contributed by atoms with van der Waals surface area (Å²) in [5.74, 6) is 1.77. The summed E-state index contributed by atoms with van der Waals surface area (Å²) in [5.41, 5.74) is 1.26. The highest BCUT2D eigenvalue weighted by molar-refractivity contribution is 7.99. The first kappa shape index (κ1) is 11.8. The Kier molecular flexibility index (Phi) is 3.78. The van der Waals surface area contributed by atoms with Crippen LogP contribution < -0.4 is 0 Å². The fraction of sp³-hybridized carbons (Fsp3) is 0.455. The molecule has 0 aliphatic rings. The number of methoxy groups -OCH3 is 1. The molecule has 0 bridgehead atoms. The van der Waals surface area contributed by atoms with Crippen molar-refractivity contribution in [1.29, 1.82) is 0 Å². The molecule has 0 aliphatic carbocycles. The van der Waals surface area contributed by atoms with E-state index in [0.29, 0.717) is 0 Å². The Labute approximate surface area is 103 Å². The molecule has 0 atom stereocenters. The molecule has 0 fully saturated rings. The van der Waals surface area contributed by atoms with Crippen LogP contribution in [0.4, 0.5) is 0 Å². The molecule has 0 saturated heterocycles. The molecule has 86 valence electrons. The Bertz CT molecular complexity index is 496. The largest absolute Gasteiger partial charge is 0.384 e. The van der Waals surface area contributed by atoms with Gasteiger partial charge in [-0.15, -0.1) is 23.1 Å². The quantitative estimate of drug-likeness (QED) is 0.477. The first-order valence-corrected chi connectivity index (χ1v) is 6.93. The molecule has 0 amide bonds. The maximum Gasteiger partial charge on any atom is 0.128 e. The summed E-state index contributed by atoms with van der Waals surface area (Å²) in [5, 5.41) is 4.43. The number of hydrogen-bond acceptors (Lipinski definition) is 5. The minimum atomic E-state index is 0.748. The minimum absolute atomic E-state index is 0.748. The highest BCUT2D eigenvalue weighted by Crippen LogP contribution is 2.31. The van der Waals surface area contributed by atoms with Crippen molar-refractivity contribution in [3.8, 4) is 0 Å². The molecule has 0 radical (unpaired) electrons. The molecular weight excluding hydrogens is 240 g/mol. The topological polar surface area (TPSA) is 35.0 Å². The van der Waals surface area contributed by atoms with Gasteiger partial charge in [-0.1, -0.05) is 0 Å². The molecule has 16 heavy (non-hydrogen) atoms. The summed E-state index contributed by atoms with van der Waals surface area (Å²) in [4.78, 5) is 10.0. The van der Waals surface area contributed by atoms with Gasteiger partial charge in [-0.2, -0.15) is 0 Å². The Balaban J connectivity index is 2.37. The Hall–Kier alpha value is -0.650. The molecule has 0 spiro atoms. The van der Waals surface area contributed by atoms with Gasteiger partial charge < -0.3 is 4.74 Å². The number of ether oxygens (including phenoxy) is 1. The van der Waals surface area contributed by atoms with Gasteiger partial charge in [0.05, 0.1) is 6.61 Å². The molecule has 2 aromatic rings. The molecule has 0 saturated carbocycles. The average Bonchev–Trinajstić information content (AvgIpc) is 2.60. The summed E-state index contributed by atoms with van der Waals surface area (Å²) in [6.45, 7) is 4.80. The molecule has 3 nitrogen and oxygen atoms in total. The molecule has 0 aliphatic heterocycles. The van der Waals surface area contributed by atoms with Crippen LogP contribution in [0, 0.1) is 13.8 Å². The van der Waals surface area contributed by atoms with Crippen molar-refractivity contribution in [1.82, 2.24) is 9.97 Å². The van der Waals surface area contributed by atoms with Crippen molar-refractivity contribution in [2.75, 3.05) is 19.5 Å². The lowest BCUT2D eigenvalue weighted by molar-refractivity contribution is 0.218. The van der Waals surface area contributed by atoms with Crippen molar-refractivity contribution >= 4 is 33.3 Å². The van der Waals surface area contributed by atoms with Crippen LogP contribution in [0.2, 0.25) is 0 Å². The second kappa shape index (κ2) is 5.12. The van der Waals surface area contributed by atoms with Gasteiger partial charge >= 0.3 is 0 Å². The van der Waals surface area contributed by atoms with Gasteiger partial charge in [-0.3, -0.25) is 0 Å². The summed E-state index contributed by atoms with van der Waals surface area (Å²) < 4.78 is 5.06. The van der Waals surface area contributed by atoms with Crippen LogP contribution in [0.5, 0.6) is 0 Å². The van der Waals surface area contributed by atoms with Gasteiger partial charge in [0.1, 0.15) is 15.7 Å².